The van der Waals surface area contributed by atoms with E-state index in [4.69, 9.17) is 0 Å². The molecule has 3 unspecified atom stereocenters. The molecule has 2 saturated heterocycles. The van der Waals surface area contributed by atoms with Gasteiger partial charge in [-0.2, -0.15) is 0 Å². The van der Waals surface area contributed by atoms with Gasteiger partial charge in [0.15, 0.2) is 0 Å². The van der Waals surface area contributed by atoms with Gasteiger partial charge in [-0.15, -0.1) is 0 Å². The maximum absolute atomic E-state index is 13.2. The Morgan fingerprint density at radius 1 is 1.15 bits per heavy atom. The molecule has 1 aromatic carbocycles. The number of benzene rings is 1. The van der Waals surface area contributed by atoms with Gasteiger partial charge in [0.2, 0.25) is 5.91 Å². The summed E-state index contributed by atoms with van der Waals surface area (Å²) in [5, 5.41) is 9.31. The molecule has 140 valence electrons. The van der Waals surface area contributed by atoms with Crippen molar-refractivity contribution in [1.82, 2.24) is 9.80 Å². The summed E-state index contributed by atoms with van der Waals surface area (Å²) in [6.07, 6.45) is 1.97. The molecule has 2 heterocycles. The Morgan fingerprint density at radius 3 is 2.46 bits per heavy atom. The highest BCUT2D eigenvalue weighted by molar-refractivity contribution is 5.95. The predicted molar refractivity (Wildman–Crippen MR) is 96.6 cm³/mol. The largest absolute Gasteiger partial charge is 0.481 e. The van der Waals surface area contributed by atoms with E-state index in [9.17, 15) is 19.5 Å². The zero-order valence-electron chi connectivity index (χ0n) is 15.4. The fourth-order valence-electron chi connectivity index (χ4n) is 4.25. The number of nitrogens with zero attached hydrogens (tertiary/aromatic N) is 2. The molecule has 3 rings (SSSR count). The Balaban J connectivity index is 1.74. The molecule has 2 fully saturated rings. The van der Waals surface area contributed by atoms with Crippen LogP contribution >= 0.6 is 0 Å². The van der Waals surface area contributed by atoms with Crippen LogP contribution in [-0.4, -0.2) is 58.4 Å². The van der Waals surface area contributed by atoms with Crippen molar-refractivity contribution in [2.45, 2.75) is 39.2 Å². The van der Waals surface area contributed by atoms with E-state index in [1.807, 2.05) is 32.0 Å². The van der Waals surface area contributed by atoms with Gasteiger partial charge < -0.3 is 14.9 Å². The van der Waals surface area contributed by atoms with Gasteiger partial charge in [-0.25, -0.2) is 0 Å². The number of hydrogen-bond acceptors (Lipinski definition) is 3. The number of hydrogen-bond donors (Lipinski definition) is 1. The first-order valence-electron chi connectivity index (χ1n) is 9.22. The molecule has 1 aromatic rings. The number of carbonyl (C=O) groups is 3. The van der Waals surface area contributed by atoms with E-state index in [-0.39, 0.29) is 17.9 Å². The van der Waals surface area contributed by atoms with Gasteiger partial charge in [0, 0.05) is 31.2 Å². The zero-order chi connectivity index (χ0) is 18.9. The Bertz CT molecular complexity index is 705. The molecule has 1 N–H and O–H groups in total. The molecule has 26 heavy (non-hydrogen) atoms. The molecule has 2 aliphatic rings. The Labute approximate surface area is 153 Å². The van der Waals surface area contributed by atoms with Crippen LogP contribution in [0.15, 0.2) is 30.3 Å². The molecule has 3 atom stereocenters. The number of likely N-dealkylation sites (tertiary alicyclic amines) is 2. The van der Waals surface area contributed by atoms with E-state index in [0.29, 0.717) is 38.0 Å². The summed E-state index contributed by atoms with van der Waals surface area (Å²) in [4.78, 5) is 40.8. The summed E-state index contributed by atoms with van der Waals surface area (Å²) in [5.74, 6) is -1.43. The highest BCUT2D eigenvalue weighted by atomic mass is 16.4. The Hall–Kier alpha value is -2.37. The van der Waals surface area contributed by atoms with Gasteiger partial charge in [-0.3, -0.25) is 14.4 Å². The Morgan fingerprint density at radius 2 is 1.85 bits per heavy atom. The SMILES string of the molecule is CC1C(C(=O)O)CCN1C(=O)C1(C)CCCN(C(=O)c2ccccc2)C1. The van der Waals surface area contributed by atoms with Crippen LogP contribution in [0.1, 0.15) is 43.5 Å². The average Bonchev–Trinajstić information content (AvgIpc) is 3.02. The van der Waals surface area contributed by atoms with Crippen LogP contribution in [0.3, 0.4) is 0 Å². The standard InChI is InChI=1S/C20H26N2O4/c1-14-16(18(24)25)9-12-22(14)19(26)20(2)10-6-11-21(13-20)17(23)15-7-4-3-5-8-15/h3-5,7-8,14,16H,6,9-13H2,1-2H3,(H,24,25). The lowest BCUT2D eigenvalue weighted by atomic mass is 9.80. The first kappa shape index (κ1) is 18.4. The second kappa shape index (κ2) is 7.09. The molecule has 6 heteroatoms. The number of carboxylic acids is 1. The lowest BCUT2D eigenvalue weighted by Crippen LogP contribution is -2.54. The molecule has 0 saturated carbocycles. The van der Waals surface area contributed by atoms with E-state index in [1.165, 1.54) is 0 Å². The van der Waals surface area contributed by atoms with E-state index in [1.54, 1.807) is 21.9 Å². The van der Waals surface area contributed by atoms with E-state index >= 15 is 0 Å². The molecule has 2 aliphatic heterocycles. The van der Waals surface area contributed by atoms with Gasteiger partial charge in [0.25, 0.3) is 5.91 Å². The first-order chi connectivity index (χ1) is 12.3. The summed E-state index contributed by atoms with van der Waals surface area (Å²) >= 11 is 0. The van der Waals surface area contributed by atoms with Crippen molar-refractivity contribution in [3.63, 3.8) is 0 Å². The molecule has 0 spiro atoms. The number of aliphatic carboxylic acids is 1. The minimum atomic E-state index is -0.845. The normalized spacial score (nSPS) is 28.8. The van der Waals surface area contributed by atoms with E-state index < -0.39 is 17.3 Å². The van der Waals surface area contributed by atoms with Crippen molar-refractivity contribution in [3.8, 4) is 0 Å². The monoisotopic (exact) mass is 358 g/mol. The first-order valence-corrected chi connectivity index (χ1v) is 9.22. The van der Waals surface area contributed by atoms with Crippen LogP contribution in [0.5, 0.6) is 0 Å². The maximum atomic E-state index is 13.2. The van der Waals surface area contributed by atoms with Gasteiger partial charge in [0.05, 0.1) is 11.3 Å². The smallest absolute Gasteiger partial charge is 0.308 e. The highest BCUT2D eigenvalue weighted by Crippen LogP contribution is 2.36. The van der Waals surface area contributed by atoms with Crippen LogP contribution in [0, 0.1) is 11.3 Å². The van der Waals surface area contributed by atoms with Crippen LogP contribution in [-0.2, 0) is 9.59 Å². The van der Waals surface area contributed by atoms with E-state index in [0.717, 1.165) is 6.42 Å². The third-order valence-electron chi connectivity index (χ3n) is 5.85. The lowest BCUT2D eigenvalue weighted by Gasteiger charge is -2.42. The number of piperidine rings is 1. The Kier molecular flexibility index (Phi) is 5.03. The van der Waals surface area contributed by atoms with Gasteiger partial charge in [-0.1, -0.05) is 18.2 Å². The molecule has 6 nitrogen and oxygen atoms in total. The summed E-state index contributed by atoms with van der Waals surface area (Å²) in [7, 11) is 0. The number of carbonyl (C=O) groups excluding carboxylic acids is 2. The van der Waals surface area contributed by atoms with Crippen LogP contribution in [0.4, 0.5) is 0 Å². The highest BCUT2D eigenvalue weighted by Gasteiger charge is 2.46. The quantitative estimate of drug-likeness (QED) is 0.899. The third-order valence-corrected chi connectivity index (χ3v) is 5.85. The summed E-state index contributed by atoms with van der Waals surface area (Å²) in [6.45, 7) is 5.20. The lowest BCUT2D eigenvalue weighted by molar-refractivity contribution is -0.147. The summed E-state index contributed by atoms with van der Waals surface area (Å²) in [5.41, 5.74) is -0.0330. The summed E-state index contributed by atoms with van der Waals surface area (Å²) < 4.78 is 0. The molecular weight excluding hydrogens is 332 g/mol. The molecular formula is C20H26N2O4. The number of carboxylic acid groups (broad SMARTS) is 1. The van der Waals surface area contributed by atoms with Crippen LogP contribution in [0.25, 0.3) is 0 Å². The topological polar surface area (TPSA) is 77.9 Å². The number of rotatable bonds is 3. The van der Waals surface area contributed by atoms with Gasteiger partial charge in [-0.05, 0) is 45.2 Å². The minimum Gasteiger partial charge on any atom is -0.481 e. The zero-order valence-corrected chi connectivity index (χ0v) is 15.4. The van der Waals surface area contributed by atoms with Gasteiger partial charge in [0.1, 0.15) is 0 Å². The van der Waals surface area contributed by atoms with Gasteiger partial charge >= 0.3 is 5.97 Å². The van der Waals surface area contributed by atoms with E-state index in [2.05, 4.69) is 0 Å². The minimum absolute atomic E-state index is 0.0284. The van der Waals surface area contributed by atoms with Crippen molar-refractivity contribution in [3.05, 3.63) is 35.9 Å². The van der Waals surface area contributed by atoms with Crippen molar-refractivity contribution < 1.29 is 19.5 Å². The molecule has 0 radical (unpaired) electrons. The van der Waals surface area contributed by atoms with Crippen molar-refractivity contribution in [1.29, 1.82) is 0 Å². The predicted octanol–water partition coefficient (Wildman–Crippen LogP) is 2.25. The maximum Gasteiger partial charge on any atom is 0.308 e. The molecule has 2 amide bonds. The number of amides is 2. The average molecular weight is 358 g/mol. The second-order valence-corrected chi connectivity index (χ2v) is 7.73. The fourth-order valence-corrected chi connectivity index (χ4v) is 4.25. The fraction of sp³-hybridized carbons (Fsp3) is 0.550. The van der Waals surface area contributed by atoms with Crippen molar-refractivity contribution in [2.75, 3.05) is 19.6 Å². The third kappa shape index (κ3) is 3.32. The molecule has 0 bridgehead atoms. The van der Waals surface area contributed by atoms with Crippen LogP contribution < -0.4 is 0 Å². The van der Waals surface area contributed by atoms with Crippen molar-refractivity contribution >= 4 is 17.8 Å². The molecule has 0 aromatic heterocycles. The second-order valence-electron chi connectivity index (χ2n) is 7.73. The van der Waals surface area contributed by atoms with Crippen LogP contribution in [0.2, 0.25) is 0 Å². The molecule has 0 aliphatic carbocycles. The summed E-state index contributed by atoms with van der Waals surface area (Å²) in [6, 6.07) is 8.80. The van der Waals surface area contributed by atoms with Crippen molar-refractivity contribution in [2.24, 2.45) is 11.3 Å².